The fourth-order valence-corrected chi connectivity index (χ4v) is 5.21. The number of amides is 1. The zero-order chi connectivity index (χ0) is 22.7. The summed E-state index contributed by atoms with van der Waals surface area (Å²) < 4.78 is 29.4. The summed E-state index contributed by atoms with van der Waals surface area (Å²) in [6.07, 6.45) is 7.02. The van der Waals surface area contributed by atoms with Crippen molar-refractivity contribution in [3.63, 3.8) is 0 Å². The maximum atomic E-state index is 14.6. The van der Waals surface area contributed by atoms with Gasteiger partial charge in [-0.05, 0) is 68.2 Å². The van der Waals surface area contributed by atoms with Gasteiger partial charge in [-0.15, -0.1) is 0 Å². The number of carbonyl (C=O) groups excluding carboxylic acids is 1. The van der Waals surface area contributed by atoms with Gasteiger partial charge in [-0.1, -0.05) is 18.5 Å². The molecule has 0 aliphatic heterocycles. The molecule has 2 aromatic heterocycles. The third kappa shape index (κ3) is 3.48. The Morgan fingerprint density at radius 2 is 1.78 bits per heavy atom. The number of benzene rings is 1. The number of pyridine rings is 2. The Kier molecular flexibility index (Phi) is 4.85. The number of hydrogen-bond donors (Lipinski definition) is 1. The minimum atomic E-state index is -0.847. The molecule has 5 nitrogen and oxygen atoms in total. The Morgan fingerprint density at radius 1 is 1.09 bits per heavy atom. The highest BCUT2D eigenvalue weighted by Crippen LogP contribution is 2.51. The lowest BCUT2D eigenvalue weighted by Crippen LogP contribution is -2.56. The summed E-state index contributed by atoms with van der Waals surface area (Å²) in [6, 6.07) is 5.99. The smallest absolute Gasteiger partial charge is 0.257 e. The highest BCUT2D eigenvalue weighted by molar-refractivity contribution is 6.29. The predicted molar refractivity (Wildman–Crippen MR) is 118 cm³/mol. The maximum absolute atomic E-state index is 14.6. The summed E-state index contributed by atoms with van der Waals surface area (Å²) in [5.74, 6) is -2.07. The van der Waals surface area contributed by atoms with Crippen molar-refractivity contribution in [3.8, 4) is 5.69 Å². The van der Waals surface area contributed by atoms with E-state index in [0.29, 0.717) is 5.41 Å². The molecule has 6 rings (SSSR count). The fourth-order valence-electron chi connectivity index (χ4n) is 5.07. The second-order valence-electron chi connectivity index (χ2n) is 9.39. The molecule has 0 radical (unpaired) electrons. The van der Waals surface area contributed by atoms with E-state index in [2.05, 4.69) is 17.2 Å². The van der Waals surface area contributed by atoms with Gasteiger partial charge in [0.05, 0.1) is 11.1 Å². The molecule has 0 unspecified atom stereocenters. The van der Waals surface area contributed by atoms with Gasteiger partial charge in [0.25, 0.3) is 5.91 Å². The summed E-state index contributed by atoms with van der Waals surface area (Å²) in [6.45, 7) is 2.29. The van der Waals surface area contributed by atoms with E-state index >= 15 is 0 Å². The quantitative estimate of drug-likeness (QED) is 0.552. The average molecular weight is 458 g/mol. The molecule has 3 aromatic rings. The lowest BCUT2D eigenvalue weighted by Gasteiger charge is -2.52. The standard InChI is InChI=1S/C24H22ClF2N3O2/c1-23-6-9-24(10-7-23,11-8-23)29-22(32)16-13-30(18-4-2-14(26)12-17(18)27)21-15(20(16)31)3-5-19(25)28-21/h2-5,12-13H,6-11H2,1H3,(H,29,32). The van der Waals surface area contributed by atoms with Gasteiger partial charge >= 0.3 is 0 Å². The van der Waals surface area contributed by atoms with Crippen LogP contribution in [0.5, 0.6) is 0 Å². The van der Waals surface area contributed by atoms with Gasteiger partial charge in [0.1, 0.15) is 28.0 Å². The minimum absolute atomic E-state index is 0.0375. The maximum Gasteiger partial charge on any atom is 0.257 e. The fraction of sp³-hybridized carbons (Fsp3) is 0.375. The number of hydrogen-bond acceptors (Lipinski definition) is 3. The van der Waals surface area contributed by atoms with Crippen molar-refractivity contribution in [1.82, 2.24) is 14.9 Å². The van der Waals surface area contributed by atoms with Gasteiger partial charge in [0, 0.05) is 17.8 Å². The van der Waals surface area contributed by atoms with Gasteiger partial charge in [-0.25, -0.2) is 13.8 Å². The molecular formula is C24H22ClF2N3O2. The lowest BCUT2D eigenvalue weighted by atomic mass is 9.58. The molecule has 1 amide bonds. The van der Waals surface area contributed by atoms with Crippen molar-refractivity contribution in [2.24, 2.45) is 5.41 Å². The third-order valence-corrected chi connectivity index (χ3v) is 7.44. The second-order valence-corrected chi connectivity index (χ2v) is 9.78. The number of aromatic nitrogens is 2. The molecule has 1 N–H and O–H groups in total. The van der Waals surface area contributed by atoms with Crippen LogP contribution in [0.2, 0.25) is 5.15 Å². The number of fused-ring (bicyclic) bond motifs is 4. The van der Waals surface area contributed by atoms with Crippen molar-refractivity contribution in [1.29, 1.82) is 0 Å². The molecular weight excluding hydrogens is 436 g/mol. The van der Waals surface area contributed by atoms with Crippen molar-refractivity contribution in [3.05, 3.63) is 69.1 Å². The van der Waals surface area contributed by atoms with Crippen LogP contribution in [0.4, 0.5) is 8.78 Å². The molecule has 166 valence electrons. The first kappa shape index (κ1) is 21.1. The van der Waals surface area contributed by atoms with Gasteiger partial charge in [0.2, 0.25) is 5.43 Å². The van der Waals surface area contributed by atoms with E-state index in [-0.39, 0.29) is 33.0 Å². The Hall–Kier alpha value is -2.80. The molecule has 3 saturated carbocycles. The van der Waals surface area contributed by atoms with Crippen LogP contribution in [-0.2, 0) is 0 Å². The molecule has 32 heavy (non-hydrogen) atoms. The van der Waals surface area contributed by atoms with E-state index in [4.69, 9.17) is 11.6 Å². The average Bonchev–Trinajstić information content (AvgIpc) is 2.75. The molecule has 8 heteroatoms. The van der Waals surface area contributed by atoms with E-state index in [0.717, 1.165) is 50.7 Å². The molecule has 3 aliphatic carbocycles. The van der Waals surface area contributed by atoms with E-state index < -0.39 is 23.0 Å². The summed E-state index contributed by atoms with van der Waals surface area (Å²) in [5, 5.41) is 3.36. The van der Waals surface area contributed by atoms with Crippen molar-refractivity contribution in [2.45, 2.75) is 51.0 Å². The van der Waals surface area contributed by atoms with Crippen molar-refractivity contribution >= 4 is 28.5 Å². The van der Waals surface area contributed by atoms with Gasteiger partial charge in [0.15, 0.2) is 0 Å². The molecule has 0 atom stereocenters. The van der Waals surface area contributed by atoms with Crippen LogP contribution in [-0.4, -0.2) is 21.0 Å². The summed E-state index contributed by atoms with van der Waals surface area (Å²) in [5.41, 5.74) is -0.543. The molecule has 3 fully saturated rings. The molecule has 0 spiro atoms. The van der Waals surface area contributed by atoms with Crippen LogP contribution in [0.3, 0.4) is 0 Å². The lowest BCUT2D eigenvalue weighted by molar-refractivity contribution is 0.0338. The van der Waals surface area contributed by atoms with E-state index in [1.807, 2.05) is 0 Å². The van der Waals surface area contributed by atoms with E-state index in [9.17, 15) is 18.4 Å². The Bertz CT molecular complexity index is 1300. The monoisotopic (exact) mass is 457 g/mol. The summed E-state index contributed by atoms with van der Waals surface area (Å²) >= 11 is 6.02. The number of carbonyl (C=O) groups is 1. The Balaban J connectivity index is 1.62. The molecule has 3 aliphatic rings. The Labute approximate surface area is 188 Å². The van der Waals surface area contributed by atoms with Crippen LogP contribution in [0, 0.1) is 17.0 Å². The third-order valence-electron chi connectivity index (χ3n) is 7.23. The zero-order valence-electron chi connectivity index (χ0n) is 17.6. The van der Waals surface area contributed by atoms with Gasteiger partial charge in [-0.2, -0.15) is 0 Å². The first-order chi connectivity index (χ1) is 15.2. The highest BCUT2D eigenvalue weighted by Gasteiger charge is 2.47. The van der Waals surface area contributed by atoms with Crippen LogP contribution in [0.15, 0.2) is 41.3 Å². The van der Waals surface area contributed by atoms with E-state index in [1.54, 1.807) is 0 Å². The summed E-state index contributed by atoms with van der Waals surface area (Å²) in [4.78, 5) is 30.7. The number of nitrogens with zero attached hydrogens (tertiary/aromatic N) is 2. The van der Waals surface area contributed by atoms with Crippen LogP contribution < -0.4 is 10.7 Å². The second kappa shape index (κ2) is 7.37. The number of nitrogens with one attached hydrogen (secondary N) is 1. The topological polar surface area (TPSA) is 64.0 Å². The highest BCUT2D eigenvalue weighted by atomic mass is 35.5. The first-order valence-corrected chi connectivity index (χ1v) is 11.1. The van der Waals surface area contributed by atoms with Crippen LogP contribution >= 0.6 is 11.6 Å². The molecule has 1 aromatic carbocycles. The molecule has 2 heterocycles. The SMILES string of the molecule is CC12CCC(NC(=O)c3cn(-c4ccc(F)cc4F)c4nc(Cl)ccc4c3=O)(CC1)CC2. The molecule has 0 saturated heterocycles. The van der Waals surface area contributed by atoms with Crippen molar-refractivity contribution < 1.29 is 13.6 Å². The number of rotatable bonds is 3. The van der Waals surface area contributed by atoms with Gasteiger partial charge < -0.3 is 5.32 Å². The summed E-state index contributed by atoms with van der Waals surface area (Å²) in [7, 11) is 0. The Morgan fingerprint density at radius 3 is 2.44 bits per heavy atom. The largest absolute Gasteiger partial charge is 0.346 e. The first-order valence-electron chi connectivity index (χ1n) is 10.7. The van der Waals surface area contributed by atoms with Gasteiger partial charge in [-0.3, -0.25) is 14.2 Å². The predicted octanol–water partition coefficient (Wildman–Crippen LogP) is 5.16. The zero-order valence-corrected chi connectivity index (χ0v) is 18.3. The molecule has 2 bridgehead atoms. The van der Waals surface area contributed by atoms with Crippen LogP contribution in [0.1, 0.15) is 55.8 Å². The normalized spacial score (nSPS) is 24.6. The van der Waals surface area contributed by atoms with E-state index in [1.165, 1.54) is 29.0 Å². The van der Waals surface area contributed by atoms with Crippen molar-refractivity contribution in [2.75, 3.05) is 0 Å². The van der Waals surface area contributed by atoms with Crippen LogP contribution in [0.25, 0.3) is 16.7 Å². The number of halogens is 3. The minimum Gasteiger partial charge on any atom is -0.346 e.